The Hall–Kier alpha value is -1.66. The standard InChI is InChI=1S/C20H24BrNO3S/c1-15(2)25-18-6-3-5-16(13-18)14-22-20(23)7-4-12-26(24)19-10-8-17(21)9-11-19/h3,5-6,8-11,13,15H,4,7,12,14H2,1-2H3,(H,22,23). The Morgan fingerprint density at radius 2 is 1.92 bits per heavy atom. The summed E-state index contributed by atoms with van der Waals surface area (Å²) < 4.78 is 18.8. The minimum Gasteiger partial charge on any atom is -0.491 e. The first-order valence-electron chi connectivity index (χ1n) is 8.60. The first kappa shape index (κ1) is 20.6. The maximum absolute atomic E-state index is 12.2. The van der Waals surface area contributed by atoms with Crippen molar-refractivity contribution in [3.05, 3.63) is 58.6 Å². The first-order chi connectivity index (χ1) is 12.4. The van der Waals surface area contributed by atoms with Gasteiger partial charge in [-0.1, -0.05) is 28.1 Å². The summed E-state index contributed by atoms with van der Waals surface area (Å²) in [5, 5.41) is 2.90. The minimum atomic E-state index is -1.07. The Balaban J connectivity index is 1.72. The SMILES string of the molecule is CC(C)Oc1cccc(CNC(=O)CCCS(=O)c2ccc(Br)cc2)c1. The van der Waals surface area contributed by atoms with Gasteiger partial charge in [0.15, 0.2) is 0 Å². The van der Waals surface area contributed by atoms with Crippen molar-refractivity contribution in [2.24, 2.45) is 0 Å². The van der Waals surface area contributed by atoms with Gasteiger partial charge < -0.3 is 10.1 Å². The molecule has 1 amide bonds. The van der Waals surface area contributed by atoms with Crippen LogP contribution in [0.3, 0.4) is 0 Å². The monoisotopic (exact) mass is 437 g/mol. The van der Waals surface area contributed by atoms with Gasteiger partial charge in [-0.25, -0.2) is 0 Å². The lowest BCUT2D eigenvalue weighted by Gasteiger charge is -2.11. The molecule has 0 saturated carbocycles. The molecule has 4 nitrogen and oxygen atoms in total. The molecule has 26 heavy (non-hydrogen) atoms. The van der Waals surface area contributed by atoms with Gasteiger partial charge in [0, 0.05) is 28.1 Å². The fourth-order valence-corrected chi connectivity index (χ4v) is 3.70. The van der Waals surface area contributed by atoms with Crippen LogP contribution in [0, 0.1) is 0 Å². The van der Waals surface area contributed by atoms with E-state index in [1.54, 1.807) is 0 Å². The van der Waals surface area contributed by atoms with Gasteiger partial charge in [-0.05, 0) is 62.2 Å². The van der Waals surface area contributed by atoms with E-state index in [9.17, 15) is 9.00 Å². The third-order valence-electron chi connectivity index (χ3n) is 3.57. The summed E-state index contributed by atoms with van der Waals surface area (Å²) >= 11 is 3.36. The van der Waals surface area contributed by atoms with Crippen molar-refractivity contribution < 1.29 is 13.7 Å². The summed E-state index contributed by atoms with van der Waals surface area (Å²) in [5.41, 5.74) is 0.995. The average molecular weight is 438 g/mol. The van der Waals surface area contributed by atoms with E-state index in [-0.39, 0.29) is 12.0 Å². The number of amides is 1. The van der Waals surface area contributed by atoms with Gasteiger partial charge in [-0.3, -0.25) is 9.00 Å². The second-order valence-corrected chi connectivity index (χ2v) is 8.68. The molecule has 1 unspecified atom stereocenters. The number of carbonyl (C=O) groups is 1. The van der Waals surface area contributed by atoms with E-state index in [1.165, 1.54) is 0 Å². The molecule has 2 rings (SSSR count). The van der Waals surface area contributed by atoms with E-state index >= 15 is 0 Å². The molecule has 1 N–H and O–H groups in total. The predicted octanol–water partition coefficient (Wildman–Crippen LogP) is 4.44. The summed E-state index contributed by atoms with van der Waals surface area (Å²) in [4.78, 5) is 12.8. The van der Waals surface area contributed by atoms with Crippen molar-refractivity contribution in [1.82, 2.24) is 5.32 Å². The zero-order valence-electron chi connectivity index (χ0n) is 15.0. The highest BCUT2D eigenvalue weighted by molar-refractivity contribution is 9.10. The average Bonchev–Trinajstić information content (AvgIpc) is 2.60. The van der Waals surface area contributed by atoms with Crippen molar-refractivity contribution in [2.75, 3.05) is 5.75 Å². The summed E-state index contributed by atoms with van der Waals surface area (Å²) in [6, 6.07) is 15.1. The molecule has 140 valence electrons. The van der Waals surface area contributed by atoms with Crippen molar-refractivity contribution in [3.63, 3.8) is 0 Å². The second kappa shape index (κ2) is 10.5. The lowest BCUT2D eigenvalue weighted by atomic mass is 10.2. The smallest absolute Gasteiger partial charge is 0.220 e. The number of carbonyl (C=O) groups excluding carboxylic acids is 1. The van der Waals surface area contributed by atoms with E-state index in [0.29, 0.717) is 25.1 Å². The summed E-state index contributed by atoms with van der Waals surface area (Å²) in [5.74, 6) is 1.25. The normalized spacial score (nSPS) is 12.0. The number of hydrogen-bond donors (Lipinski definition) is 1. The highest BCUT2D eigenvalue weighted by Crippen LogP contribution is 2.15. The molecule has 1 atom stereocenters. The molecule has 0 radical (unpaired) electrons. The van der Waals surface area contributed by atoms with E-state index in [2.05, 4.69) is 21.2 Å². The number of ether oxygens (including phenoxy) is 1. The Kier molecular flexibility index (Phi) is 8.32. The van der Waals surface area contributed by atoms with Crippen LogP contribution in [0.5, 0.6) is 5.75 Å². The van der Waals surface area contributed by atoms with Crippen LogP contribution >= 0.6 is 15.9 Å². The molecule has 0 fully saturated rings. The van der Waals surface area contributed by atoms with Gasteiger partial charge in [0.2, 0.25) is 5.91 Å². The topological polar surface area (TPSA) is 55.4 Å². The minimum absolute atomic E-state index is 0.0343. The fraction of sp³-hybridized carbons (Fsp3) is 0.350. The molecule has 0 saturated heterocycles. The van der Waals surface area contributed by atoms with Gasteiger partial charge >= 0.3 is 0 Å². The van der Waals surface area contributed by atoms with Crippen molar-refractivity contribution in [2.45, 2.75) is 44.2 Å². The quantitative estimate of drug-likeness (QED) is 0.630. The van der Waals surface area contributed by atoms with Gasteiger partial charge in [0.1, 0.15) is 5.75 Å². The summed E-state index contributed by atoms with van der Waals surface area (Å²) in [7, 11) is -1.07. The molecule has 0 aliphatic rings. The van der Waals surface area contributed by atoms with Crippen LogP contribution in [-0.4, -0.2) is 22.0 Å². The third kappa shape index (κ3) is 7.30. The lowest BCUT2D eigenvalue weighted by Crippen LogP contribution is -2.23. The summed E-state index contributed by atoms with van der Waals surface area (Å²) in [6.07, 6.45) is 1.07. The van der Waals surface area contributed by atoms with Crippen molar-refractivity contribution >= 4 is 32.6 Å². The molecule has 2 aromatic carbocycles. The number of nitrogens with one attached hydrogen (secondary N) is 1. The Bertz CT molecular complexity index is 747. The van der Waals surface area contributed by atoms with Crippen LogP contribution in [0.15, 0.2) is 57.9 Å². The number of hydrogen-bond acceptors (Lipinski definition) is 3. The summed E-state index contributed by atoms with van der Waals surface area (Å²) in [6.45, 7) is 4.42. The van der Waals surface area contributed by atoms with Crippen LogP contribution < -0.4 is 10.1 Å². The molecule has 0 heterocycles. The Morgan fingerprint density at radius 3 is 2.62 bits per heavy atom. The fourth-order valence-electron chi connectivity index (χ4n) is 2.36. The largest absolute Gasteiger partial charge is 0.491 e. The van der Waals surface area contributed by atoms with Crippen LogP contribution in [0.4, 0.5) is 0 Å². The Labute approximate surface area is 165 Å². The van der Waals surface area contributed by atoms with Crippen LogP contribution in [0.25, 0.3) is 0 Å². The molecule has 0 spiro atoms. The number of rotatable bonds is 9. The lowest BCUT2D eigenvalue weighted by molar-refractivity contribution is -0.121. The molecule has 6 heteroatoms. The van der Waals surface area contributed by atoms with Crippen molar-refractivity contribution in [1.29, 1.82) is 0 Å². The zero-order chi connectivity index (χ0) is 18.9. The van der Waals surface area contributed by atoms with Gasteiger partial charge in [-0.15, -0.1) is 0 Å². The molecule has 0 aliphatic carbocycles. The first-order valence-corrected chi connectivity index (χ1v) is 10.7. The van der Waals surface area contributed by atoms with Crippen LogP contribution in [-0.2, 0) is 22.1 Å². The maximum Gasteiger partial charge on any atom is 0.220 e. The van der Waals surface area contributed by atoms with Crippen molar-refractivity contribution in [3.8, 4) is 5.75 Å². The van der Waals surface area contributed by atoms with E-state index < -0.39 is 10.8 Å². The molecule has 0 aliphatic heterocycles. The molecule has 0 bridgehead atoms. The molecule has 0 aromatic heterocycles. The molecule has 2 aromatic rings. The van der Waals surface area contributed by atoms with E-state index in [0.717, 1.165) is 20.7 Å². The van der Waals surface area contributed by atoms with Crippen LogP contribution in [0.1, 0.15) is 32.3 Å². The molecular weight excluding hydrogens is 414 g/mol. The van der Waals surface area contributed by atoms with Gasteiger partial charge in [0.25, 0.3) is 0 Å². The highest BCUT2D eigenvalue weighted by Gasteiger charge is 2.07. The molecular formula is C20H24BrNO3S. The highest BCUT2D eigenvalue weighted by atomic mass is 79.9. The predicted molar refractivity (Wildman–Crippen MR) is 109 cm³/mol. The van der Waals surface area contributed by atoms with E-state index in [4.69, 9.17) is 4.74 Å². The second-order valence-electron chi connectivity index (χ2n) is 6.20. The zero-order valence-corrected chi connectivity index (χ0v) is 17.4. The number of benzene rings is 2. The maximum atomic E-state index is 12.2. The van der Waals surface area contributed by atoms with E-state index in [1.807, 2.05) is 62.4 Å². The number of halogens is 1. The van der Waals surface area contributed by atoms with Gasteiger partial charge in [-0.2, -0.15) is 0 Å². The van der Waals surface area contributed by atoms with Gasteiger partial charge in [0.05, 0.1) is 16.9 Å². The third-order valence-corrected chi connectivity index (χ3v) is 5.56. The Morgan fingerprint density at radius 1 is 1.19 bits per heavy atom. The van der Waals surface area contributed by atoms with Crippen LogP contribution in [0.2, 0.25) is 0 Å².